The first kappa shape index (κ1) is 20.6. The Balaban J connectivity index is 1.58. The fourth-order valence-corrected chi connectivity index (χ4v) is 4.82. The summed E-state index contributed by atoms with van der Waals surface area (Å²) in [5.41, 5.74) is -0.262. The highest BCUT2D eigenvalue weighted by Crippen LogP contribution is 2.23. The van der Waals surface area contributed by atoms with Crippen LogP contribution in [0.1, 0.15) is 33.6 Å². The minimum absolute atomic E-state index is 0.0534. The van der Waals surface area contributed by atoms with E-state index < -0.39 is 10.0 Å². The standard InChI is InChI=1S/C21H29N3O3S/c1-21(2,3)23-20(25)24-13-11-16(12-14-24)15-22-28(26,27)19-10-6-8-17-7-4-5-9-18(17)19/h4-10,16,22H,11-15H2,1-3H3,(H,23,25). The zero-order chi connectivity index (χ0) is 20.4. The fourth-order valence-electron chi connectivity index (χ4n) is 3.48. The number of carbonyl (C=O) groups excluding carboxylic acids is 1. The molecule has 0 aliphatic carbocycles. The number of sulfonamides is 1. The number of urea groups is 1. The van der Waals surface area contributed by atoms with E-state index in [9.17, 15) is 13.2 Å². The molecule has 0 aromatic heterocycles. The largest absolute Gasteiger partial charge is 0.333 e. The summed E-state index contributed by atoms with van der Waals surface area (Å²) in [6, 6.07) is 12.8. The summed E-state index contributed by atoms with van der Waals surface area (Å²) < 4.78 is 28.4. The molecule has 1 aliphatic heterocycles. The van der Waals surface area contributed by atoms with E-state index in [1.165, 1.54) is 0 Å². The second-order valence-corrected chi connectivity index (χ2v) is 10.2. The minimum atomic E-state index is -3.58. The lowest BCUT2D eigenvalue weighted by Crippen LogP contribution is -2.51. The average molecular weight is 404 g/mol. The van der Waals surface area contributed by atoms with E-state index in [4.69, 9.17) is 0 Å². The Morgan fingerprint density at radius 2 is 1.71 bits per heavy atom. The van der Waals surface area contributed by atoms with Crippen molar-refractivity contribution in [2.24, 2.45) is 5.92 Å². The molecule has 0 bridgehead atoms. The van der Waals surface area contributed by atoms with Gasteiger partial charge in [-0.25, -0.2) is 17.9 Å². The molecular formula is C21H29N3O3S. The molecule has 0 spiro atoms. The van der Waals surface area contributed by atoms with Crippen molar-refractivity contribution in [3.63, 3.8) is 0 Å². The lowest BCUT2D eigenvalue weighted by Gasteiger charge is -2.34. The SMILES string of the molecule is CC(C)(C)NC(=O)N1CCC(CNS(=O)(=O)c2cccc3ccccc23)CC1. The van der Waals surface area contributed by atoms with Gasteiger partial charge in [0, 0.05) is 30.6 Å². The van der Waals surface area contributed by atoms with Crippen molar-refractivity contribution >= 4 is 26.8 Å². The van der Waals surface area contributed by atoms with Gasteiger partial charge in [0.05, 0.1) is 4.90 Å². The summed E-state index contributed by atoms with van der Waals surface area (Å²) in [6.07, 6.45) is 1.57. The Labute approximate surface area is 167 Å². The zero-order valence-electron chi connectivity index (χ0n) is 16.7. The second-order valence-electron chi connectivity index (χ2n) is 8.44. The van der Waals surface area contributed by atoms with E-state index in [0.717, 1.165) is 23.6 Å². The molecule has 28 heavy (non-hydrogen) atoms. The molecule has 152 valence electrons. The van der Waals surface area contributed by atoms with Crippen LogP contribution in [0.25, 0.3) is 10.8 Å². The number of piperidine rings is 1. The van der Waals surface area contributed by atoms with E-state index in [1.807, 2.05) is 51.1 Å². The second kappa shape index (κ2) is 8.09. The van der Waals surface area contributed by atoms with Gasteiger partial charge in [-0.15, -0.1) is 0 Å². The van der Waals surface area contributed by atoms with Crippen molar-refractivity contribution in [3.05, 3.63) is 42.5 Å². The lowest BCUT2D eigenvalue weighted by molar-refractivity contribution is 0.163. The van der Waals surface area contributed by atoms with Crippen LogP contribution in [-0.4, -0.2) is 44.5 Å². The maximum absolute atomic E-state index is 12.8. The third kappa shape index (κ3) is 5.02. The molecule has 1 saturated heterocycles. The van der Waals surface area contributed by atoms with Gasteiger partial charge in [0.2, 0.25) is 10.0 Å². The van der Waals surface area contributed by atoms with Crippen LogP contribution in [0, 0.1) is 5.92 Å². The van der Waals surface area contributed by atoms with Gasteiger partial charge >= 0.3 is 6.03 Å². The third-order valence-electron chi connectivity index (χ3n) is 4.98. The number of fused-ring (bicyclic) bond motifs is 1. The zero-order valence-corrected chi connectivity index (χ0v) is 17.6. The van der Waals surface area contributed by atoms with Crippen molar-refractivity contribution in [3.8, 4) is 0 Å². The smallest absolute Gasteiger partial charge is 0.317 e. The fraction of sp³-hybridized carbons (Fsp3) is 0.476. The van der Waals surface area contributed by atoms with Gasteiger partial charge in [-0.3, -0.25) is 0 Å². The Bertz CT molecular complexity index is 938. The summed E-state index contributed by atoms with van der Waals surface area (Å²) in [7, 11) is -3.58. The van der Waals surface area contributed by atoms with Crippen LogP contribution in [0.2, 0.25) is 0 Å². The van der Waals surface area contributed by atoms with Crippen molar-refractivity contribution in [2.75, 3.05) is 19.6 Å². The quantitative estimate of drug-likeness (QED) is 0.822. The molecule has 6 nitrogen and oxygen atoms in total. The Morgan fingerprint density at radius 1 is 1.07 bits per heavy atom. The van der Waals surface area contributed by atoms with Gasteiger partial charge in [0.15, 0.2) is 0 Å². The molecule has 0 saturated carbocycles. The van der Waals surface area contributed by atoms with E-state index >= 15 is 0 Å². The molecule has 1 fully saturated rings. The van der Waals surface area contributed by atoms with E-state index in [2.05, 4.69) is 10.0 Å². The van der Waals surface area contributed by atoms with Gasteiger partial charge in [-0.1, -0.05) is 36.4 Å². The number of hydrogen-bond acceptors (Lipinski definition) is 3. The number of hydrogen-bond donors (Lipinski definition) is 2. The number of nitrogens with zero attached hydrogens (tertiary/aromatic N) is 1. The lowest BCUT2D eigenvalue weighted by atomic mass is 9.97. The van der Waals surface area contributed by atoms with Crippen LogP contribution >= 0.6 is 0 Å². The molecule has 0 atom stereocenters. The molecule has 2 aromatic rings. The van der Waals surface area contributed by atoms with E-state index in [0.29, 0.717) is 24.5 Å². The number of likely N-dealkylation sites (tertiary alicyclic amines) is 1. The van der Waals surface area contributed by atoms with Gasteiger partial charge in [-0.05, 0) is 51.0 Å². The van der Waals surface area contributed by atoms with Crippen LogP contribution in [0.5, 0.6) is 0 Å². The summed E-state index contributed by atoms with van der Waals surface area (Å²) in [5.74, 6) is 0.225. The summed E-state index contributed by atoms with van der Waals surface area (Å²) >= 11 is 0. The van der Waals surface area contributed by atoms with Gasteiger partial charge in [-0.2, -0.15) is 0 Å². The highest BCUT2D eigenvalue weighted by Gasteiger charge is 2.26. The van der Waals surface area contributed by atoms with Gasteiger partial charge < -0.3 is 10.2 Å². The number of amides is 2. The van der Waals surface area contributed by atoms with E-state index in [1.54, 1.807) is 17.0 Å². The molecule has 7 heteroatoms. The molecule has 0 radical (unpaired) electrons. The minimum Gasteiger partial charge on any atom is -0.333 e. The average Bonchev–Trinajstić information content (AvgIpc) is 2.65. The molecule has 3 rings (SSSR count). The normalized spacial score (nSPS) is 16.3. The topological polar surface area (TPSA) is 78.5 Å². The van der Waals surface area contributed by atoms with Crippen LogP contribution in [-0.2, 0) is 10.0 Å². The van der Waals surface area contributed by atoms with Crippen LogP contribution in [0.3, 0.4) is 0 Å². The first-order valence-corrected chi connectivity index (χ1v) is 11.2. The maximum Gasteiger partial charge on any atom is 0.317 e. The molecule has 2 N–H and O–H groups in total. The number of rotatable bonds is 4. The van der Waals surface area contributed by atoms with Crippen LogP contribution in [0.4, 0.5) is 4.79 Å². The Morgan fingerprint density at radius 3 is 2.39 bits per heavy atom. The molecule has 2 amide bonds. The third-order valence-corrected chi connectivity index (χ3v) is 6.47. The summed E-state index contributed by atoms with van der Waals surface area (Å²) in [4.78, 5) is 14.4. The molecule has 1 aliphatic rings. The van der Waals surface area contributed by atoms with Gasteiger partial charge in [0.1, 0.15) is 0 Å². The molecule has 0 unspecified atom stereocenters. The number of carbonyl (C=O) groups is 1. The predicted molar refractivity (Wildman–Crippen MR) is 112 cm³/mol. The molecular weight excluding hydrogens is 374 g/mol. The monoisotopic (exact) mass is 403 g/mol. The summed E-state index contributed by atoms with van der Waals surface area (Å²) in [5, 5.41) is 4.61. The molecule has 1 heterocycles. The Kier molecular flexibility index (Phi) is 5.95. The highest BCUT2D eigenvalue weighted by atomic mass is 32.2. The Hall–Kier alpha value is -2.12. The number of nitrogens with one attached hydrogen (secondary N) is 2. The maximum atomic E-state index is 12.8. The van der Waals surface area contributed by atoms with Crippen LogP contribution < -0.4 is 10.0 Å². The highest BCUT2D eigenvalue weighted by molar-refractivity contribution is 7.89. The molecule has 2 aromatic carbocycles. The first-order chi connectivity index (χ1) is 13.2. The van der Waals surface area contributed by atoms with Gasteiger partial charge in [0.25, 0.3) is 0 Å². The van der Waals surface area contributed by atoms with E-state index in [-0.39, 0.29) is 17.5 Å². The van der Waals surface area contributed by atoms with Crippen molar-refractivity contribution in [1.29, 1.82) is 0 Å². The van der Waals surface area contributed by atoms with Crippen molar-refractivity contribution < 1.29 is 13.2 Å². The van der Waals surface area contributed by atoms with Crippen molar-refractivity contribution in [1.82, 2.24) is 14.9 Å². The predicted octanol–water partition coefficient (Wildman–Crippen LogP) is 3.34. The van der Waals surface area contributed by atoms with Crippen molar-refractivity contribution in [2.45, 2.75) is 44.0 Å². The first-order valence-electron chi connectivity index (χ1n) is 9.70. The summed E-state index contributed by atoms with van der Waals surface area (Å²) in [6.45, 7) is 7.55. The number of benzene rings is 2. The van der Waals surface area contributed by atoms with Crippen LogP contribution in [0.15, 0.2) is 47.4 Å².